The van der Waals surface area contributed by atoms with E-state index in [0.29, 0.717) is 5.56 Å². The molecule has 1 unspecified atom stereocenters. The van der Waals surface area contributed by atoms with Crippen molar-refractivity contribution in [3.63, 3.8) is 0 Å². The maximum atomic E-state index is 12.9. The fourth-order valence-corrected chi connectivity index (χ4v) is 2.39. The summed E-state index contributed by atoms with van der Waals surface area (Å²) in [6.07, 6.45) is 0.359. The van der Waals surface area contributed by atoms with Crippen LogP contribution in [0.15, 0.2) is 29.4 Å². The number of rotatable bonds is 7. The smallest absolute Gasteiger partial charge is 0.303 e. The molecule has 0 radical (unpaired) electrons. The van der Waals surface area contributed by atoms with Crippen LogP contribution in [0.2, 0.25) is 0 Å². The summed E-state index contributed by atoms with van der Waals surface area (Å²) >= 11 is 0. The quantitative estimate of drug-likeness (QED) is 0.780. The van der Waals surface area contributed by atoms with E-state index in [9.17, 15) is 18.8 Å². The van der Waals surface area contributed by atoms with Crippen LogP contribution in [0.4, 0.5) is 4.39 Å². The van der Waals surface area contributed by atoms with Crippen LogP contribution in [0.3, 0.4) is 0 Å². The van der Waals surface area contributed by atoms with E-state index in [2.05, 4.69) is 10.4 Å². The van der Waals surface area contributed by atoms with Crippen molar-refractivity contribution >= 4 is 23.5 Å². The molecule has 134 valence electrons. The maximum absolute atomic E-state index is 12.9. The molecule has 1 aliphatic rings. The monoisotopic (exact) mass is 349 g/mol. The molecule has 2 N–H and O–H groups in total. The van der Waals surface area contributed by atoms with Gasteiger partial charge in [-0.15, -0.1) is 0 Å². The lowest BCUT2D eigenvalue weighted by Gasteiger charge is -2.23. The van der Waals surface area contributed by atoms with E-state index in [0.717, 1.165) is 0 Å². The number of amides is 2. The number of carboxylic acids is 1. The highest BCUT2D eigenvalue weighted by atomic mass is 19.1. The van der Waals surface area contributed by atoms with Crippen LogP contribution >= 0.6 is 0 Å². The van der Waals surface area contributed by atoms with Gasteiger partial charge in [0.15, 0.2) is 0 Å². The Bertz CT molecular complexity index is 688. The van der Waals surface area contributed by atoms with Gasteiger partial charge >= 0.3 is 5.97 Å². The predicted octanol–water partition coefficient (Wildman–Crippen LogP) is 1.53. The van der Waals surface area contributed by atoms with Crippen molar-refractivity contribution in [2.24, 2.45) is 11.0 Å². The van der Waals surface area contributed by atoms with E-state index in [-0.39, 0.29) is 55.7 Å². The Morgan fingerprint density at radius 3 is 2.64 bits per heavy atom. The molecular formula is C17H20FN3O4. The average molecular weight is 349 g/mol. The number of hydrazone groups is 1. The van der Waals surface area contributed by atoms with Crippen LogP contribution in [0.1, 0.15) is 31.7 Å². The van der Waals surface area contributed by atoms with Gasteiger partial charge in [-0.1, -0.05) is 19.1 Å². The van der Waals surface area contributed by atoms with Gasteiger partial charge in [0.05, 0.1) is 6.54 Å². The second-order valence-corrected chi connectivity index (χ2v) is 6.04. The first-order valence-electron chi connectivity index (χ1n) is 7.97. The van der Waals surface area contributed by atoms with E-state index in [1.54, 1.807) is 19.1 Å². The number of carbonyl (C=O) groups is 3. The van der Waals surface area contributed by atoms with E-state index in [1.807, 2.05) is 0 Å². The molecule has 0 bridgehead atoms. The Morgan fingerprint density at radius 2 is 2.00 bits per heavy atom. The van der Waals surface area contributed by atoms with Crippen LogP contribution in [-0.4, -0.2) is 40.2 Å². The summed E-state index contributed by atoms with van der Waals surface area (Å²) in [7, 11) is 0. The molecule has 0 fully saturated rings. The van der Waals surface area contributed by atoms with Gasteiger partial charge in [-0.3, -0.25) is 14.4 Å². The van der Waals surface area contributed by atoms with Crippen LogP contribution in [0, 0.1) is 11.7 Å². The predicted molar refractivity (Wildman–Crippen MR) is 88.0 cm³/mol. The van der Waals surface area contributed by atoms with Crippen molar-refractivity contribution in [2.75, 3.05) is 6.54 Å². The normalized spacial score (nSPS) is 15.5. The van der Waals surface area contributed by atoms with Gasteiger partial charge in [-0.25, -0.2) is 9.40 Å². The zero-order chi connectivity index (χ0) is 18.4. The van der Waals surface area contributed by atoms with Crippen molar-refractivity contribution in [2.45, 2.75) is 32.7 Å². The lowest BCUT2D eigenvalue weighted by Crippen LogP contribution is -2.40. The van der Waals surface area contributed by atoms with Crippen molar-refractivity contribution in [1.82, 2.24) is 10.3 Å². The number of hydrogen-bond donors (Lipinski definition) is 2. The topological polar surface area (TPSA) is 99.1 Å². The minimum atomic E-state index is -0.923. The maximum Gasteiger partial charge on any atom is 0.303 e. The number of carbonyl (C=O) groups excluding carboxylic acids is 2. The van der Waals surface area contributed by atoms with Gasteiger partial charge in [-0.2, -0.15) is 5.10 Å². The highest BCUT2D eigenvalue weighted by molar-refractivity contribution is 6.39. The third kappa shape index (κ3) is 5.66. The third-order valence-corrected chi connectivity index (χ3v) is 3.75. The summed E-state index contributed by atoms with van der Waals surface area (Å²) in [6, 6.07) is 5.70. The fourth-order valence-electron chi connectivity index (χ4n) is 2.39. The number of hydrogen-bond acceptors (Lipinski definition) is 4. The molecule has 1 aliphatic heterocycles. The zero-order valence-electron chi connectivity index (χ0n) is 13.9. The van der Waals surface area contributed by atoms with Crippen LogP contribution in [-0.2, 0) is 20.9 Å². The lowest BCUT2D eigenvalue weighted by molar-refractivity contribution is -0.138. The molecule has 2 amide bonds. The van der Waals surface area contributed by atoms with Crippen LogP contribution in [0.25, 0.3) is 0 Å². The molecule has 1 aromatic carbocycles. The molecule has 0 saturated heterocycles. The molecule has 0 aliphatic carbocycles. The summed E-state index contributed by atoms with van der Waals surface area (Å²) in [6.45, 7) is 2.10. The Morgan fingerprint density at radius 1 is 1.32 bits per heavy atom. The van der Waals surface area contributed by atoms with Crippen molar-refractivity contribution < 1.29 is 23.9 Å². The van der Waals surface area contributed by atoms with Gasteiger partial charge in [0, 0.05) is 25.8 Å². The Kier molecular flexibility index (Phi) is 6.21. The standard InChI is InChI=1S/C17H20FN3O4/c1-11(8-16(23)24)9-19-17(25)14-6-7-15(22)21(20-14)10-12-2-4-13(18)5-3-12/h2-5,11H,6-10H2,1H3,(H,19,25)(H,23,24). The molecule has 0 saturated carbocycles. The summed E-state index contributed by atoms with van der Waals surface area (Å²) < 4.78 is 12.9. The molecule has 8 heteroatoms. The highest BCUT2D eigenvalue weighted by Crippen LogP contribution is 2.14. The number of nitrogens with zero attached hydrogens (tertiary/aromatic N) is 2. The average Bonchev–Trinajstić information content (AvgIpc) is 2.56. The zero-order valence-corrected chi connectivity index (χ0v) is 13.9. The molecule has 2 rings (SSSR count). The van der Waals surface area contributed by atoms with Crippen molar-refractivity contribution in [1.29, 1.82) is 0 Å². The first-order valence-corrected chi connectivity index (χ1v) is 7.97. The molecule has 0 spiro atoms. The number of benzene rings is 1. The molecule has 25 heavy (non-hydrogen) atoms. The van der Waals surface area contributed by atoms with E-state index >= 15 is 0 Å². The molecule has 0 aromatic heterocycles. The van der Waals surface area contributed by atoms with Gasteiger partial charge in [0.1, 0.15) is 11.5 Å². The van der Waals surface area contributed by atoms with Crippen LogP contribution in [0.5, 0.6) is 0 Å². The first-order chi connectivity index (χ1) is 11.8. The van der Waals surface area contributed by atoms with Crippen molar-refractivity contribution in [3.05, 3.63) is 35.6 Å². The second kappa shape index (κ2) is 8.36. The largest absolute Gasteiger partial charge is 0.481 e. The van der Waals surface area contributed by atoms with Crippen LogP contribution < -0.4 is 5.32 Å². The summed E-state index contributed by atoms with van der Waals surface area (Å²) in [5.74, 6) is -2.11. The molecule has 1 aromatic rings. The molecular weight excluding hydrogens is 329 g/mol. The molecule has 1 heterocycles. The van der Waals surface area contributed by atoms with Gasteiger partial charge < -0.3 is 10.4 Å². The highest BCUT2D eigenvalue weighted by Gasteiger charge is 2.24. The summed E-state index contributed by atoms with van der Waals surface area (Å²) in [5.41, 5.74) is 0.930. The number of nitrogens with one attached hydrogen (secondary N) is 1. The van der Waals surface area contributed by atoms with Gasteiger partial charge in [0.25, 0.3) is 5.91 Å². The Hall–Kier alpha value is -2.77. The van der Waals surface area contributed by atoms with Crippen molar-refractivity contribution in [3.8, 4) is 0 Å². The van der Waals surface area contributed by atoms with Gasteiger partial charge in [-0.05, 0) is 23.6 Å². The molecule has 1 atom stereocenters. The Balaban J connectivity index is 1.97. The number of aliphatic carboxylic acids is 1. The summed E-state index contributed by atoms with van der Waals surface area (Å²) in [5, 5.41) is 16.7. The minimum absolute atomic E-state index is 0.0397. The SMILES string of the molecule is CC(CNC(=O)C1=NN(Cc2ccc(F)cc2)C(=O)CC1)CC(=O)O. The van der Waals surface area contributed by atoms with E-state index < -0.39 is 11.9 Å². The van der Waals surface area contributed by atoms with E-state index in [4.69, 9.17) is 5.11 Å². The lowest BCUT2D eigenvalue weighted by atomic mass is 10.1. The summed E-state index contributed by atoms with van der Waals surface area (Å²) in [4.78, 5) is 34.8. The third-order valence-electron chi connectivity index (χ3n) is 3.75. The minimum Gasteiger partial charge on any atom is -0.481 e. The second-order valence-electron chi connectivity index (χ2n) is 6.04. The van der Waals surface area contributed by atoms with E-state index in [1.165, 1.54) is 17.1 Å². The number of halogens is 1. The Labute approximate surface area is 144 Å². The fraction of sp³-hybridized carbons (Fsp3) is 0.412. The molecule has 7 nitrogen and oxygen atoms in total. The van der Waals surface area contributed by atoms with Gasteiger partial charge in [0.2, 0.25) is 5.91 Å². The number of carboxylic acid groups (broad SMARTS) is 1. The first kappa shape index (κ1) is 18.6.